The van der Waals surface area contributed by atoms with Gasteiger partial charge in [-0.2, -0.15) is 0 Å². The van der Waals surface area contributed by atoms with E-state index in [4.69, 9.17) is 0 Å². The van der Waals surface area contributed by atoms with Crippen molar-refractivity contribution in [1.82, 2.24) is 9.55 Å². The second-order valence-electron chi connectivity index (χ2n) is 5.01. The lowest BCUT2D eigenvalue weighted by Crippen LogP contribution is -2.07. The maximum Gasteiger partial charge on any atom is 0.396 e. The van der Waals surface area contributed by atoms with Crippen molar-refractivity contribution in [2.24, 2.45) is 0 Å². The van der Waals surface area contributed by atoms with Crippen molar-refractivity contribution in [3.8, 4) is 0 Å². The van der Waals surface area contributed by atoms with Gasteiger partial charge in [0.2, 0.25) is 5.82 Å². The van der Waals surface area contributed by atoms with Crippen molar-refractivity contribution in [2.75, 3.05) is 12.9 Å². The van der Waals surface area contributed by atoms with Crippen LogP contribution in [0.5, 0.6) is 0 Å². The molecule has 0 spiro atoms. The maximum atomic E-state index is 11.3. The number of hydrogen-bond donors (Lipinski definition) is 0. The molecule has 128 valence electrons. The van der Waals surface area contributed by atoms with Crippen molar-refractivity contribution < 1.29 is 14.5 Å². The fraction of sp³-hybridized carbons (Fsp3) is 0.375. The van der Waals surface area contributed by atoms with E-state index in [0.717, 1.165) is 5.56 Å². The minimum absolute atomic E-state index is 0.155. The highest BCUT2D eigenvalue weighted by atomic mass is 32.2. The number of aryl methyl sites for hydroxylation is 1. The molecule has 0 aliphatic rings. The Kier molecular flexibility index (Phi) is 6.36. The van der Waals surface area contributed by atoms with Crippen LogP contribution in [0, 0.1) is 10.1 Å². The molecule has 0 N–H and O–H groups in total. The Balaban J connectivity index is 2.31. The van der Waals surface area contributed by atoms with E-state index >= 15 is 0 Å². The Bertz CT molecular complexity index is 716. The maximum absolute atomic E-state index is 11.3. The van der Waals surface area contributed by atoms with E-state index in [9.17, 15) is 14.9 Å². The normalized spacial score (nSPS) is 10.6. The molecule has 1 aromatic heterocycles. The lowest BCUT2D eigenvalue weighted by Gasteiger charge is -2.09. The minimum Gasteiger partial charge on any atom is -0.469 e. The molecule has 0 fully saturated rings. The Labute approximate surface area is 144 Å². The summed E-state index contributed by atoms with van der Waals surface area (Å²) >= 11 is 1.26. The zero-order chi connectivity index (χ0) is 17.5. The van der Waals surface area contributed by atoms with Gasteiger partial charge in [-0.3, -0.25) is 9.36 Å². The van der Waals surface area contributed by atoms with Gasteiger partial charge < -0.3 is 14.9 Å². The lowest BCUT2D eigenvalue weighted by atomic mass is 10.2. The van der Waals surface area contributed by atoms with Gasteiger partial charge in [0, 0.05) is 12.2 Å². The number of ether oxygens (including phenoxy) is 1. The predicted molar refractivity (Wildman–Crippen MR) is 91.2 cm³/mol. The number of hydrogen-bond acceptors (Lipinski definition) is 6. The molecule has 8 heteroatoms. The Hall–Kier alpha value is -2.35. The third-order valence-electron chi connectivity index (χ3n) is 3.43. The van der Waals surface area contributed by atoms with Gasteiger partial charge in [-0.1, -0.05) is 49.0 Å². The molecule has 2 aromatic rings. The molecule has 2 rings (SSSR count). The molecule has 0 saturated heterocycles. The number of carbonyl (C=O) groups excluding carboxylic acids is 1. The third-order valence-corrected chi connectivity index (χ3v) is 4.51. The molecule has 7 nitrogen and oxygen atoms in total. The first-order chi connectivity index (χ1) is 11.6. The highest BCUT2D eigenvalue weighted by Crippen LogP contribution is 2.31. The van der Waals surface area contributed by atoms with E-state index < -0.39 is 4.92 Å². The number of nitro groups is 1. The molecule has 1 aromatic carbocycles. The van der Waals surface area contributed by atoms with E-state index in [2.05, 4.69) is 9.72 Å². The van der Waals surface area contributed by atoms with Gasteiger partial charge in [0.25, 0.3) is 0 Å². The summed E-state index contributed by atoms with van der Waals surface area (Å²) in [5.74, 6) is 0.565. The highest BCUT2D eigenvalue weighted by molar-refractivity contribution is 7.99. The van der Waals surface area contributed by atoms with Gasteiger partial charge in [0.05, 0.1) is 20.1 Å². The largest absolute Gasteiger partial charge is 0.469 e. The third kappa shape index (κ3) is 4.35. The first-order valence-electron chi connectivity index (χ1n) is 7.54. The number of rotatable bonds is 8. The zero-order valence-corrected chi connectivity index (χ0v) is 14.4. The van der Waals surface area contributed by atoms with Crippen LogP contribution < -0.4 is 0 Å². The molecule has 24 heavy (non-hydrogen) atoms. The standard InChI is InChI=1S/C16H19N3O4S/c1-3-13-17-15(19(21)22)16(24-10-9-14(20)23-2)18(13)11-12-7-5-4-6-8-12/h4-8H,3,9-11H2,1-2H3. The second-order valence-corrected chi connectivity index (χ2v) is 6.10. The second kappa shape index (κ2) is 8.49. The molecule has 0 bridgehead atoms. The summed E-state index contributed by atoms with van der Waals surface area (Å²) in [6, 6.07) is 9.71. The molecule has 0 amide bonds. The van der Waals surface area contributed by atoms with E-state index in [-0.39, 0.29) is 18.2 Å². The first kappa shape index (κ1) is 18.0. The Morgan fingerprint density at radius 3 is 2.67 bits per heavy atom. The molecule has 0 unspecified atom stereocenters. The van der Waals surface area contributed by atoms with E-state index in [1.54, 1.807) is 0 Å². The quantitative estimate of drug-likeness (QED) is 0.315. The average molecular weight is 349 g/mol. The van der Waals surface area contributed by atoms with E-state index in [0.29, 0.717) is 29.6 Å². The van der Waals surface area contributed by atoms with Crippen LogP contribution in [0.1, 0.15) is 24.7 Å². The number of esters is 1. The Morgan fingerprint density at radius 2 is 2.08 bits per heavy atom. The summed E-state index contributed by atoms with van der Waals surface area (Å²) in [7, 11) is 1.32. The molecule has 0 atom stereocenters. The highest BCUT2D eigenvalue weighted by Gasteiger charge is 2.27. The van der Waals surface area contributed by atoms with Crippen molar-refractivity contribution in [2.45, 2.75) is 31.3 Å². The number of imidazole rings is 1. The molecule has 0 aliphatic carbocycles. The van der Waals surface area contributed by atoms with Crippen LogP contribution >= 0.6 is 11.8 Å². The van der Waals surface area contributed by atoms with Gasteiger partial charge in [0.1, 0.15) is 0 Å². The van der Waals surface area contributed by atoms with Crippen LogP contribution in [-0.4, -0.2) is 33.3 Å². The van der Waals surface area contributed by atoms with Gasteiger partial charge in [0.15, 0.2) is 5.03 Å². The lowest BCUT2D eigenvalue weighted by molar-refractivity contribution is -0.392. The molecule has 0 aliphatic heterocycles. The summed E-state index contributed by atoms with van der Waals surface area (Å²) < 4.78 is 6.47. The number of nitrogens with zero attached hydrogens (tertiary/aromatic N) is 3. The smallest absolute Gasteiger partial charge is 0.396 e. The van der Waals surface area contributed by atoms with Crippen molar-refractivity contribution >= 4 is 23.5 Å². The summed E-state index contributed by atoms with van der Waals surface area (Å²) in [5, 5.41) is 11.8. The zero-order valence-electron chi connectivity index (χ0n) is 13.6. The number of benzene rings is 1. The monoisotopic (exact) mass is 349 g/mol. The number of thioether (sulfide) groups is 1. The van der Waals surface area contributed by atoms with E-state index in [1.807, 2.05) is 41.8 Å². The fourth-order valence-corrected chi connectivity index (χ4v) is 3.30. The fourth-order valence-electron chi connectivity index (χ4n) is 2.26. The summed E-state index contributed by atoms with van der Waals surface area (Å²) in [6.07, 6.45) is 0.779. The molecular formula is C16H19N3O4S. The van der Waals surface area contributed by atoms with Crippen LogP contribution in [0.25, 0.3) is 0 Å². The van der Waals surface area contributed by atoms with Crippen LogP contribution in [0.15, 0.2) is 35.4 Å². The van der Waals surface area contributed by atoms with Crippen molar-refractivity contribution in [3.63, 3.8) is 0 Å². The predicted octanol–water partition coefficient (Wildman–Crippen LogP) is 3.06. The SMILES string of the molecule is CCc1nc([N+](=O)[O-])c(SCCC(=O)OC)n1Cc1ccccc1. The van der Waals surface area contributed by atoms with Gasteiger partial charge >= 0.3 is 11.8 Å². The Morgan fingerprint density at radius 1 is 1.38 bits per heavy atom. The first-order valence-corrected chi connectivity index (χ1v) is 8.52. The van der Waals surface area contributed by atoms with Crippen LogP contribution in [0.2, 0.25) is 0 Å². The van der Waals surface area contributed by atoms with Gasteiger partial charge in [-0.15, -0.1) is 0 Å². The molecule has 1 heterocycles. The van der Waals surface area contributed by atoms with Crippen molar-refractivity contribution in [3.05, 3.63) is 51.8 Å². The van der Waals surface area contributed by atoms with Gasteiger partial charge in [-0.05, 0) is 15.5 Å². The number of aromatic nitrogens is 2. The summed E-state index contributed by atoms with van der Waals surface area (Å²) in [5.41, 5.74) is 1.04. The molecule has 0 radical (unpaired) electrons. The topological polar surface area (TPSA) is 87.3 Å². The van der Waals surface area contributed by atoms with Gasteiger partial charge in [-0.25, -0.2) is 0 Å². The summed E-state index contributed by atoms with van der Waals surface area (Å²) in [4.78, 5) is 26.3. The number of methoxy groups -OCH3 is 1. The minimum atomic E-state index is -0.471. The van der Waals surface area contributed by atoms with Crippen molar-refractivity contribution in [1.29, 1.82) is 0 Å². The molecular weight excluding hydrogens is 330 g/mol. The summed E-state index contributed by atoms with van der Waals surface area (Å²) in [6.45, 7) is 2.42. The molecule has 0 saturated carbocycles. The number of carbonyl (C=O) groups is 1. The average Bonchev–Trinajstić information content (AvgIpc) is 2.93. The van der Waals surface area contributed by atoms with Crippen LogP contribution in [0.4, 0.5) is 5.82 Å². The van der Waals surface area contributed by atoms with Crippen LogP contribution in [0.3, 0.4) is 0 Å². The van der Waals surface area contributed by atoms with Crippen LogP contribution in [-0.2, 0) is 22.5 Å². The van der Waals surface area contributed by atoms with E-state index in [1.165, 1.54) is 18.9 Å².